The number of methoxy groups -OCH3 is 1. The van der Waals surface area contributed by atoms with Crippen LogP contribution in [0.4, 0.5) is 0 Å². The van der Waals surface area contributed by atoms with E-state index in [4.69, 9.17) is 4.74 Å². The Balaban J connectivity index is 2.65. The lowest BCUT2D eigenvalue weighted by molar-refractivity contribution is -0.142. The van der Waals surface area contributed by atoms with Crippen molar-refractivity contribution in [3.8, 4) is 5.88 Å². The number of aliphatic carboxylic acids is 1. The minimum Gasteiger partial charge on any atom is -0.481 e. The van der Waals surface area contributed by atoms with Gasteiger partial charge >= 0.3 is 5.97 Å². The number of rotatable bonds is 8. The first kappa shape index (κ1) is 17.4. The van der Waals surface area contributed by atoms with Crippen LogP contribution in [-0.2, 0) is 11.3 Å². The molecular formula is C16H26N2O3. The molecule has 0 fully saturated rings. The van der Waals surface area contributed by atoms with E-state index in [9.17, 15) is 9.90 Å². The molecule has 1 unspecified atom stereocenters. The molecule has 0 aliphatic heterocycles. The topological polar surface area (TPSA) is 71.5 Å². The summed E-state index contributed by atoms with van der Waals surface area (Å²) in [5.74, 6) is -0.106. The van der Waals surface area contributed by atoms with Crippen LogP contribution in [0.2, 0.25) is 0 Å². The van der Waals surface area contributed by atoms with Crippen LogP contribution < -0.4 is 10.1 Å². The maximum absolute atomic E-state index is 11.2. The number of hydrogen-bond donors (Lipinski definition) is 2. The highest BCUT2D eigenvalue weighted by molar-refractivity contribution is 5.70. The third-order valence-corrected chi connectivity index (χ3v) is 3.54. The van der Waals surface area contributed by atoms with E-state index in [2.05, 4.69) is 10.3 Å². The molecule has 0 saturated heterocycles. The fourth-order valence-electron chi connectivity index (χ4n) is 2.41. The molecule has 1 atom stereocenters. The van der Waals surface area contributed by atoms with Gasteiger partial charge in [-0.2, -0.15) is 0 Å². The van der Waals surface area contributed by atoms with Crippen molar-refractivity contribution in [3.63, 3.8) is 0 Å². The van der Waals surface area contributed by atoms with Crippen LogP contribution in [-0.4, -0.2) is 29.7 Å². The predicted molar refractivity (Wildman–Crippen MR) is 82.6 cm³/mol. The van der Waals surface area contributed by atoms with Gasteiger partial charge in [0.1, 0.15) is 0 Å². The Kier molecular flexibility index (Phi) is 6.62. The molecule has 5 nitrogen and oxygen atoms in total. The van der Waals surface area contributed by atoms with E-state index in [0.717, 1.165) is 16.8 Å². The molecule has 0 bridgehead atoms. The number of nitrogens with one attached hydrogen (secondary N) is 1. The molecule has 0 aliphatic carbocycles. The lowest BCUT2D eigenvalue weighted by atomic mass is 9.97. The molecule has 0 aliphatic rings. The molecule has 2 N–H and O–H groups in total. The van der Waals surface area contributed by atoms with Crippen molar-refractivity contribution < 1.29 is 14.6 Å². The summed E-state index contributed by atoms with van der Waals surface area (Å²) in [5, 5.41) is 12.5. The molecule has 1 rings (SSSR count). The predicted octanol–water partition coefficient (Wildman–Crippen LogP) is 2.54. The maximum Gasteiger partial charge on any atom is 0.307 e. The Morgan fingerprint density at radius 2 is 2.10 bits per heavy atom. The summed E-state index contributed by atoms with van der Waals surface area (Å²) < 4.78 is 5.14. The standard InChI is InChI=1S/C16H26N2O3/c1-10(2)6-13(16(19)20)8-17-9-14-11(3)7-15(21-5)18-12(14)4/h7,10,13,17H,6,8-9H2,1-5H3,(H,19,20). The van der Waals surface area contributed by atoms with Gasteiger partial charge in [-0.05, 0) is 37.3 Å². The van der Waals surface area contributed by atoms with Gasteiger partial charge in [0.15, 0.2) is 0 Å². The van der Waals surface area contributed by atoms with Crippen LogP contribution in [0.1, 0.15) is 37.1 Å². The zero-order valence-electron chi connectivity index (χ0n) is 13.6. The van der Waals surface area contributed by atoms with E-state index in [1.165, 1.54) is 0 Å². The van der Waals surface area contributed by atoms with Crippen molar-refractivity contribution in [2.24, 2.45) is 11.8 Å². The minimum atomic E-state index is -0.738. The van der Waals surface area contributed by atoms with E-state index in [1.807, 2.05) is 33.8 Å². The van der Waals surface area contributed by atoms with Gasteiger partial charge in [0.25, 0.3) is 0 Å². The van der Waals surface area contributed by atoms with Crippen molar-refractivity contribution in [3.05, 3.63) is 22.9 Å². The van der Waals surface area contributed by atoms with Gasteiger partial charge in [-0.25, -0.2) is 4.98 Å². The Hall–Kier alpha value is -1.62. The number of carboxylic acids is 1. The van der Waals surface area contributed by atoms with E-state index in [0.29, 0.717) is 31.3 Å². The second kappa shape index (κ2) is 7.98. The molecule has 1 aromatic heterocycles. The Bertz CT molecular complexity index is 463. The second-order valence-corrected chi connectivity index (χ2v) is 5.84. The minimum absolute atomic E-state index is 0.350. The van der Waals surface area contributed by atoms with E-state index >= 15 is 0 Å². The van der Waals surface area contributed by atoms with E-state index in [-0.39, 0.29) is 5.92 Å². The summed E-state index contributed by atoms with van der Waals surface area (Å²) in [7, 11) is 1.60. The molecular weight excluding hydrogens is 268 g/mol. The number of hydrogen-bond acceptors (Lipinski definition) is 4. The number of aromatic nitrogens is 1. The first-order chi connectivity index (χ1) is 9.85. The zero-order chi connectivity index (χ0) is 16.0. The van der Waals surface area contributed by atoms with Crippen LogP contribution in [0.5, 0.6) is 5.88 Å². The molecule has 0 radical (unpaired) electrons. The first-order valence-electron chi connectivity index (χ1n) is 7.29. The van der Waals surface area contributed by atoms with Gasteiger partial charge in [0.05, 0.1) is 13.0 Å². The van der Waals surface area contributed by atoms with Gasteiger partial charge in [-0.15, -0.1) is 0 Å². The quantitative estimate of drug-likeness (QED) is 0.771. The lowest BCUT2D eigenvalue weighted by Gasteiger charge is -2.17. The Morgan fingerprint density at radius 1 is 1.43 bits per heavy atom. The Labute approximate surface area is 126 Å². The second-order valence-electron chi connectivity index (χ2n) is 5.84. The number of ether oxygens (including phenoxy) is 1. The molecule has 5 heteroatoms. The third-order valence-electron chi connectivity index (χ3n) is 3.54. The van der Waals surface area contributed by atoms with Crippen molar-refractivity contribution >= 4 is 5.97 Å². The molecule has 21 heavy (non-hydrogen) atoms. The monoisotopic (exact) mass is 294 g/mol. The van der Waals surface area contributed by atoms with Gasteiger partial charge < -0.3 is 15.2 Å². The van der Waals surface area contributed by atoms with Crippen molar-refractivity contribution in [2.45, 2.75) is 40.7 Å². The van der Waals surface area contributed by atoms with Crippen molar-refractivity contribution in [1.29, 1.82) is 0 Å². The molecule has 1 aromatic rings. The summed E-state index contributed by atoms with van der Waals surface area (Å²) >= 11 is 0. The Morgan fingerprint density at radius 3 is 2.57 bits per heavy atom. The number of pyridine rings is 1. The largest absolute Gasteiger partial charge is 0.481 e. The van der Waals surface area contributed by atoms with Gasteiger partial charge in [-0.1, -0.05) is 13.8 Å². The summed E-state index contributed by atoms with van der Waals surface area (Å²) in [6, 6.07) is 1.90. The van der Waals surface area contributed by atoms with E-state index < -0.39 is 5.97 Å². The normalized spacial score (nSPS) is 12.5. The maximum atomic E-state index is 11.2. The van der Waals surface area contributed by atoms with Crippen molar-refractivity contribution in [1.82, 2.24) is 10.3 Å². The highest BCUT2D eigenvalue weighted by Crippen LogP contribution is 2.18. The molecule has 0 aromatic carbocycles. The van der Waals surface area contributed by atoms with Crippen molar-refractivity contribution in [2.75, 3.05) is 13.7 Å². The van der Waals surface area contributed by atoms with Gasteiger partial charge in [0.2, 0.25) is 5.88 Å². The number of carboxylic acid groups (broad SMARTS) is 1. The average molecular weight is 294 g/mol. The first-order valence-corrected chi connectivity index (χ1v) is 7.29. The smallest absolute Gasteiger partial charge is 0.307 e. The average Bonchev–Trinajstić information content (AvgIpc) is 2.39. The molecule has 0 spiro atoms. The van der Waals surface area contributed by atoms with Crippen LogP contribution in [0.15, 0.2) is 6.07 Å². The molecule has 118 valence electrons. The van der Waals surface area contributed by atoms with Crippen LogP contribution in [0.3, 0.4) is 0 Å². The molecule has 0 saturated carbocycles. The highest BCUT2D eigenvalue weighted by atomic mass is 16.5. The third kappa shape index (κ3) is 5.34. The highest BCUT2D eigenvalue weighted by Gasteiger charge is 2.18. The fourth-order valence-corrected chi connectivity index (χ4v) is 2.41. The number of nitrogens with zero attached hydrogens (tertiary/aromatic N) is 1. The number of carbonyl (C=O) groups is 1. The summed E-state index contributed by atoms with van der Waals surface area (Å²) in [5.41, 5.74) is 3.11. The fraction of sp³-hybridized carbons (Fsp3) is 0.625. The zero-order valence-corrected chi connectivity index (χ0v) is 13.6. The summed E-state index contributed by atoms with van der Waals surface area (Å²) in [6.07, 6.45) is 0.682. The molecule has 0 amide bonds. The summed E-state index contributed by atoms with van der Waals surface area (Å²) in [4.78, 5) is 15.6. The molecule has 1 heterocycles. The van der Waals surface area contributed by atoms with Crippen LogP contribution in [0, 0.1) is 25.7 Å². The van der Waals surface area contributed by atoms with E-state index in [1.54, 1.807) is 7.11 Å². The van der Waals surface area contributed by atoms with Gasteiger partial charge in [-0.3, -0.25) is 4.79 Å². The SMILES string of the molecule is COc1cc(C)c(CNCC(CC(C)C)C(=O)O)c(C)n1. The van der Waals surface area contributed by atoms with Crippen LogP contribution in [0.25, 0.3) is 0 Å². The number of aryl methyl sites for hydroxylation is 2. The van der Waals surface area contributed by atoms with Crippen LogP contribution >= 0.6 is 0 Å². The van der Waals surface area contributed by atoms with Gasteiger partial charge in [0, 0.05) is 24.8 Å². The summed E-state index contributed by atoms with van der Waals surface area (Å²) in [6.45, 7) is 9.12. The lowest BCUT2D eigenvalue weighted by Crippen LogP contribution is -2.29.